The highest BCUT2D eigenvalue weighted by Crippen LogP contribution is 2.26. The van der Waals surface area contributed by atoms with E-state index in [4.69, 9.17) is 16.9 Å². The quantitative estimate of drug-likeness (QED) is 0.277. The Balaban J connectivity index is 1.50. The number of nitrogen functional groups attached to an aromatic ring is 1. The van der Waals surface area contributed by atoms with Gasteiger partial charge in [0.25, 0.3) is 5.91 Å². The smallest absolute Gasteiger partial charge is 0.253 e. The molecule has 1 aromatic heterocycles. The minimum absolute atomic E-state index is 0.0138. The van der Waals surface area contributed by atoms with Crippen molar-refractivity contribution in [3.63, 3.8) is 0 Å². The van der Waals surface area contributed by atoms with Crippen LogP contribution in [0.3, 0.4) is 0 Å². The van der Waals surface area contributed by atoms with Crippen LogP contribution in [0.2, 0.25) is 0 Å². The number of amidine groups is 1. The summed E-state index contributed by atoms with van der Waals surface area (Å²) in [6, 6.07) is 20.7. The molecule has 0 atom stereocenters. The predicted molar refractivity (Wildman–Crippen MR) is 134 cm³/mol. The molecule has 5 rings (SSSR count). The summed E-state index contributed by atoms with van der Waals surface area (Å²) < 4.78 is 2.08. The van der Waals surface area contributed by atoms with Crippen molar-refractivity contribution in [2.75, 3.05) is 0 Å². The number of nitrogens with one attached hydrogen (secondary N) is 2. The Kier molecular flexibility index (Phi) is 5.60. The lowest BCUT2D eigenvalue weighted by Crippen LogP contribution is -2.40. The molecule has 0 bridgehead atoms. The molecule has 6 N–H and O–H groups in total. The topological polar surface area (TPSA) is 110 Å². The molecular weight excluding hydrogens is 410 g/mol. The van der Waals surface area contributed by atoms with E-state index in [1.54, 1.807) is 6.07 Å². The number of hydrogen-bond acceptors (Lipinski definition) is 3. The summed E-state index contributed by atoms with van der Waals surface area (Å²) in [6.07, 6.45) is 5.63. The Morgan fingerprint density at radius 3 is 2.52 bits per heavy atom. The van der Waals surface area contributed by atoms with E-state index in [0.29, 0.717) is 17.7 Å². The van der Waals surface area contributed by atoms with E-state index in [1.165, 1.54) is 10.8 Å². The zero-order valence-corrected chi connectivity index (χ0v) is 18.6. The Hall–Kier alpha value is -3.64. The van der Waals surface area contributed by atoms with Crippen LogP contribution in [-0.4, -0.2) is 28.4 Å². The van der Waals surface area contributed by atoms with Crippen LogP contribution in [0.4, 0.5) is 0 Å². The highest BCUT2D eigenvalue weighted by atomic mass is 16.1. The summed E-state index contributed by atoms with van der Waals surface area (Å²) in [6.45, 7) is 0.619. The molecule has 0 saturated heterocycles. The summed E-state index contributed by atoms with van der Waals surface area (Å²) in [4.78, 5) is 13.2. The number of rotatable bonds is 5. The molecule has 4 aromatic rings. The maximum atomic E-state index is 13.2. The van der Waals surface area contributed by atoms with Crippen LogP contribution in [0.5, 0.6) is 0 Å². The number of nitrogens with two attached hydrogens (primary N) is 2. The maximum Gasteiger partial charge on any atom is 0.253 e. The van der Waals surface area contributed by atoms with E-state index in [-0.39, 0.29) is 23.8 Å². The summed E-state index contributed by atoms with van der Waals surface area (Å²) >= 11 is 0. The monoisotopic (exact) mass is 439 g/mol. The summed E-state index contributed by atoms with van der Waals surface area (Å²) in [5, 5.41) is 14.3. The molecule has 1 amide bonds. The molecule has 6 heteroatoms. The Labute approximate surface area is 193 Å². The van der Waals surface area contributed by atoms with Gasteiger partial charge in [-0.15, -0.1) is 0 Å². The van der Waals surface area contributed by atoms with E-state index in [2.05, 4.69) is 40.2 Å². The van der Waals surface area contributed by atoms with Crippen LogP contribution in [0.15, 0.2) is 66.9 Å². The van der Waals surface area contributed by atoms with Gasteiger partial charge in [0, 0.05) is 41.3 Å². The van der Waals surface area contributed by atoms with Gasteiger partial charge in [-0.25, -0.2) is 0 Å². The van der Waals surface area contributed by atoms with Gasteiger partial charge in [-0.3, -0.25) is 10.2 Å². The molecule has 0 unspecified atom stereocenters. The van der Waals surface area contributed by atoms with Gasteiger partial charge >= 0.3 is 0 Å². The van der Waals surface area contributed by atoms with Crippen LogP contribution in [0.1, 0.15) is 47.2 Å². The lowest BCUT2D eigenvalue weighted by Gasteiger charge is -2.26. The van der Waals surface area contributed by atoms with Gasteiger partial charge in [0.15, 0.2) is 0 Å². The Bertz CT molecular complexity index is 1350. The van der Waals surface area contributed by atoms with Gasteiger partial charge in [-0.05, 0) is 54.2 Å². The first-order chi connectivity index (χ1) is 16.0. The number of carbonyl (C=O) groups is 1. The predicted octanol–water partition coefficient (Wildman–Crippen LogP) is 4.13. The minimum atomic E-state index is -0.0618. The molecule has 168 valence electrons. The van der Waals surface area contributed by atoms with Gasteiger partial charge in [-0.1, -0.05) is 48.5 Å². The zero-order valence-electron chi connectivity index (χ0n) is 18.6. The largest absolute Gasteiger partial charge is 0.384 e. The average Bonchev–Trinajstić information content (AvgIpc) is 3.18. The van der Waals surface area contributed by atoms with Gasteiger partial charge in [0.05, 0.1) is 5.56 Å². The van der Waals surface area contributed by atoms with Crippen LogP contribution in [-0.2, 0) is 6.54 Å². The number of aromatic nitrogens is 1. The van der Waals surface area contributed by atoms with E-state index < -0.39 is 0 Å². The van der Waals surface area contributed by atoms with Gasteiger partial charge < -0.3 is 21.4 Å². The third-order valence-corrected chi connectivity index (χ3v) is 6.71. The van der Waals surface area contributed by atoms with Crippen LogP contribution in [0, 0.1) is 5.41 Å². The molecule has 6 nitrogen and oxygen atoms in total. The van der Waals surface area contributed by atoms with Gasteiger partial charge in [0.2, 0.25) is 0 Å². The number of fused-ring (bicyclic) bond motifs is 2. The van der Waals surface area contributed by atoms with Crippen molar-refractivity contribution in [1.29, 1.82) is 5.41 Å². The number of benzene rings is 3. The lowest BCUT2D eigenvalue weighted by molar-refractivity contribution is 0.0927. The van der Waals surface area contributed by atoms with Crippen molar-refractivity contribution in [3.05, 3.63) is 83.6 Å². The molecule has 1 aliphatic carbocycles. The van der Waals surface area contributed by atoms with Crippen LogP contribution in [0.25, 0.3) is 21.7 Å². The van der Waals surface area contributed by atoms with Crippen LogP contribution < -0.4 is 16.8 Å². The molecule has 33 heavy (non-hydrogen) atoms. The maximum absolute atomic E-state index is 13.2. The van der Waals surface area contributed by atoms with Gasteiger partial charge in [-0.2, -0.15) is 0 Å². The second-order valence-corrected chi connectivity index (χ2v) is 9.08. The third-order valence-electron chi connectivity index (χ3n) is 6.71. The molecule has 0 radical (unpaired) electrons. The highest BCUT2D eigenvalue weighted by Gasteiger charge is 2.23. The van der Waals surface area contributed by atoms with E-state index in [9.17, 15) is 4.79 Å². The number of amides is 1. The molecule has 1 saturated carbocycles. The Morgan fingerprint density at radius 1 is 1.00 bits per heavy atom. The summed E-state index contributed by atoms with van der Waals surface area (Å²) in [5.41, 5.74) is 15.1. The summed E-state index contributed by atoms with van der Waals surface area (Å²) in [5.74, 6) is -0.0480. The zero-order chi connectivity index (χ0) is 22.9. The van der Waals surface area contributed by atoms with Gasteiger partial charge in [0.1, 0.15) is 5.84 Å². The van der Waals surface area contributed by atoms with E-state index in [0.717, 1.165) is 42.1 Å². The highest BCUT2D eigenvalue weighted by molar-refractivity contribution is 6.09. The molecule has 1 fully saturated rings. The average molecular weight is 440 g/mol. The lowest BCUT2D eigenvalue weighted by atomic mass is 9.91. The SMILES string of the molecule is N=C(N)c1ccc2c(C(=O)N[C@H]3CC[C@H](N)CC3)cn(Cc3ccc4ccccc4c3)c2c1. The first kappa shape index (κ1) is 21.2. The number of nitrogens with zero attached hydrogens (tertiary/aromatic N) is 1. The molecule has 1 heterocycles. The summed E-state index contributed by atoms with van der Waals surface area (Å²) in [7, 11) is 0. The number of hydrogen-bond donors (Lipinski definition) is 4. The Morgan fingerprint density at radius 2 is 1.76 bits per heavy atom. The fourth-order valence-electron chi connectivity index (χ4n) is 4.83. The van der Waals surface area contributed by atoms with Crippen LogP contribution >= 0.6 is 0 Å². The normalized spacial score (nSPS) is 18.5. The van der Waals surface area contributed by atoms with Crippen molar-refractivity contribution in [1.82, 2.24) is 9.88 Å². The minimum Gasteiger partial charge on any atom is -0.384 e. The van der Waals surface area contributed by atoms with E-state index in [1.807, 2.05) is 30.5 Å². The van der Waals surface area contributed by atoms with Crippen molar-refractivity contribution in [3.8, 4) is 0 Å². The third kappa shape index (κ3) is 4.34. The van der Waals surface area contributed by atoms with Crippen molar-refractivity contribution >= 4 is 33.4 Å². The molecule has 3 aromatic carbocycles. The molecular formula is C27H29N5O. The molecule has 0 aliphatic heterocycles. The first-order valence-electron chi connectivity index (χ1n) is 11.5. The van der Waals surface area contributed by atoms with Crippen molar-refractivity contribution in [2.24, 2.45) is 11.5 Å². The molecule has 0 spiro atoms. The first-order valence-corrected chi connectivity index (χ1v) is 11.5. The fourth-order valence-corrected chi connectivity index (χ4v) is 4.83. The van der Waals surface area contributed by atoms with Crippen molar-refractivity contribution < 1.29 is 4.79 Å². The van der Waals surface area contributed by atoms with Crippen molar-refractivity contribution in [2.45, 2.75) is 44.3 Å². The second-order valence-electron chi connectivity index (χ2n) is 9.08. The second kappa shape index (κ2) is 8.71. The fraction of sp³-hybridized carbons (Fsp3) is 0.259. The molecule has 1 aliphatic rings. The van der Waals surface area contributed by atoms with E-state index >= 15 is 0 Å². The number of carbonyl (C=O) groups excluding carboxylic acids is 1. The standard InChI is InChI=1S/C27H29N5O/c28-21-8-10-22(11-9-21)31-27(33)24-16-32(25-14-20(26(29)30)7-12-23(24)25)15-17-5-6-18-3-1-2-4-19(18)13-17/h1-7,12-14,16,21-22H,8-11,15,28H2,(H3,29,30)(H,31,33)/t21-,22-.